The average Bonchev–Trinajstić information content (AvgIpc) is 2.21. The third kappa shape index (κ3) is 2.97. The van der Waals surface area contributed by atoms with Gasteiger partial charge < -0.3 is 0 Å². The number of hydrogen-bond donors (Lipinski definition) is 1. The predicted molar refractivity (Wildman–Crippen MR) is 66.5 cm³/mol. The van der Waals surface area contributed by atoms with E-state index < -0.39 is 15.3 Å². The molecule has 4 nitrogen and oxygen atoms in total. The van der Waals surface area contributed by atoms with E-state index in [1.807, 2.05) is 0 Å². The van der Waals surface area contributed by atoms with Crippen LogP contribution in [0.4, 0.5) is 5.69 Å². The van der Waals surface area contributed by atoms with Crippen LogP contribution < -0.4 is 4.72 Å². The molecule has 1 aromatic rings. The maximum absolute atomic E-state index is 11.6. The molecule has 0 saturated carbocycles. The van der Waals surface area contributed by atoms with Crippen LogP contribution in [0.15, 0.2) is 22.7 Å². The van der Waals surface area contributed by atoms with Crippen LogP contribution >= 0.6 is 15.9 Å². The minimum Gasteiger partial charge on any atom is -0.282 e. The molecule has 0 aliphatic rings. The summed E-state index contributed by atoms with van der Waals surface area (Å²) >= 11 is 3.29. The van der Waals surface area contributed by atoms with Gasteiger partial charge in [-0.2, -0.15) is 5.26 Å². The van der Waals surface area contributed by atoms with E-state index in [9.17, 15) is 8.42 Å². The van der Waals surface area contributed by atoms with Gasteiger partial charge in [0.15, 0.2) is 5.25 Å². The molecule has 1 atom stereocenters. The first kappa shape index (κ1) is 13.0. The molecular formula is C10H11BrN2O2S. The first-order chi connectivity index (χ1) is 7.36. The van der Waals surface area contributed by atoms with Crippen molar-refractivity contribution >= 4 is 31.6 Å². The average molecular weight is 303 g/mol. The normalized spacial score (nSPS) is 12.9. The van der Waals surface area contributed by atoms with Gasteiger partial charge >= 0.3 is 0 Å². The maximum atomic E-state index is 11.6. The fourth-order valence-electron chi connectivity index (χ4n) is 1.05. The molecule has 1 rings (SSSR count). The number of rotatable bonds is 3. The van der Waals surface area contributed by atoms with Crippen LogP contribution in [-0.4, -0.2) is 13.7 Å². The molecule has 0 radical (unpaired) electrons. The van der Waals surface area contributed by atoms with Crippen LogP contribution in [0.3, 0.4) is 0 Å². The summed E-state index contributed by atoms with van der Waals surface area (Å²) in [5, 5.41) is 7.51. The third-order valence-corrected chi connectivity index (χ3v) is 4.12. The number of hydrogen-bond acceptors (Lipinski definition) is 3. The Hall–Kier alpha value is -1.06. The largest absolute Gasteiger partial charge is 0.282 e. The fourth-order valence-corrected chi connectivity index (χ4v) is 2.38. The Kier molecular flexibility index (Phi) is 3.94. The number of sulfonamides is 1. The molecular weight excluding hydrogens is 292 g/mol. The van der Waals surface area contributed by atoms with Crippen LogP contribution in [-0.2, 0) is 10.0 Å². The van der Waals surface area contributed by atoms with Crippen molar-refractivity contribution in [2.45, 2.75) is 19.1 Å². The topological polar surface area (TPSA) is 70.0 Å². The van der Waals surface area contributed by atoms with E-state index >= 15 is 0 Å². The van der Waals surface area contributed by atoms with E-state index in [2.05, 4.69) is 20.7 Å². The number of aryl methyl sites for hydroxylation is 1. The summed E-state index contributed by atoms with van der Waals surface area (Å²) in [6.45, 7) is 3.14. The highest BCUT2D eigenvalue weighted by Crippen LogP contribution is 2.21. The second-order valence-electron chi connectivity index (χ2n) is 3.38. The van der Waals surface area contributed by atoms with E-state index in [1.54, 1.807) is 31.2 Å². The Morgan fingerprint density at radius 1 is 1.50 bits per heavy atom. The number of anilines is 1. The lowest BCUT2D eigenvalue weighted by molar-refractivity contribution is 0.597. The number of halogens is 1. The number of nitrogens with zero attached hydrogens (tertiary/aromatic N) is 1. The highest BCUT2D eigenvalue weighted by atomic mass is 79.9. The van der Waals surface area contributed by atoms with Gasteiger partial charge in [-0.05, 0) is 37.6 Å². The first-order valence-electron chi connectivity index (χ1n) is 4.54. The molecule has 0 spiro atoms. The predicted octanol–water partition coefficient (Wildman–Crippen LogP) is 2.41. The van der Waals surface area contributed by atoms with Crippen LogP contribution in [0.25, 0.3) is 0 Å². The van der Waals surface area contributed by atoms with Crippen molar-refractivity contribution in [3.05, 3.63) is 28.2 Å². The van der Waals surface area contributed by atoms with Crippen molar-refractivity contribution in [1.82, 2.24) is 0 Å². The van der Waals surface area contributed by atoms with Crippen molar-refractivity contribution in [2.75, 3.05) is 4.72 Å². The molecule has 16 heavy (non-hydrogen) atoms. The highest BCUT2D eigenvalue weighted by Gasteiger charge is 2.20. The summed E-state index contributed by atoms with van der Waals surface area (Å²) in [7, 11) is -3.63. The third-order valence-electron chi connectivity index (χ3n) is 2.09. The van der Waals surface area contributed by atoms with Crippen LogP contribution in [0.1, 0.15) is 12.5 Å². The Morgan fingerprint density at radius 3 is 2.62 bits per heavy atom. The number of nitrogens with one attached hydrogen (secondary N) is 1. The summed E-state index contributed by atoms with van der Waals surface area (Å²) in [5.74, 6) is 0. The lowest BCUT2D eigenvalue weighted by atomic mass is 10.2. The minimum atomic E-state index is -3.63. The zero-order valence-corrected chi connectivity index (χ0v) is 11.3. The maximum Gasteiger partial charge on any atom is 0.248 e. The van der Waals surface area contributed by atoms with Crippen LogP contribution in [0.2, 0.25) is 0 Å². The van der Waals surface area contributed by atoms with E-state index in [0.29, 0.717) is 5.69 Å². The minimum absolute atomic E-state index is 0.491. The molecule has 0 saturated heterocycles. The second-order valence-corrected chi connectivity index (χ2v) is 6.29. The van der Waals surface area contributed by atoms with Gasteiger partial charge in [0, 0.05) is 4.47 Å². The molecule has 0 heterocycles. The smallest absolute Gasteiger partial charge is 0.248 e. The van der Waals surface area contributed by atoms with E-state index in [4.69, 9.17) is 5.26 Å². The van der Waals surface area contributed by atoms with Gasteiger partial charge in [-0.1, -0.05) is 15.9 Å². The van der Waals surface area contributed by atoms with Crippen LogP contribution in [0.5, 0.6) is 0 Å². The first-order valence-corrected chi connectivity index (χ1v) is 6.88. The van der Waals surface area contributed by atoms with Crippen molar-refractivity contribution < 1.29 is 8.42 Å². The molecule has 0 fully saturated rings. The number of benzene rings is 1. The fraction of sp³-hybridized carbons (Fsp3) is 0.300. The molecule has 0 aliphatic heterocycles. The summed E-state index contributed by atoms with van der Waals surface area (Å²) in [6, 6.07) is 6.89. The Bertz CT molecular complexity index is 534. The standard InChI is InChI=1S/C10H11BrN2O2S/c1-7-5-9(11)3-4-10(7)13-16(14,15)8(2)6-12/h3-5,8,13H,1-2H3. The molecule has 0 bridgehead atoms. The Balaban J connectivity index is 3.03. The van der Waals surface area contributed by atoms with E-state index in [0.717, 1.165) is 10.0 Å². The van der Waals surface area contributed by atoms with Gasteiger partial charge in [-0.15, -0.1) is 0 Å². The zero-order valence-electron chi connectivity index (χ0n) is 8.86. The zero-order chi connectivity index (χ0) is 12.3. The van der Waals surface area contributed by atoms with Crippen molar-refractivity contribution in [3.8, 4) is 6.07 Å². The number of nitriles is 1. The summed E-state index contributed by atoms with van der Waals surface area (Å²) in [5.41, 5.74) is 1.29. The van der Waals surface area contributed by atoms with Gasteiger partial charge in [0.05, 0.1) is 11.8 Å². The summed E-state index contributed by atoms with van der Waals surface area (Å²) in [4.78, 5) is 0. The molecule has 1 N–H and O–H groups in total. The lowest BCUT2D eigenvalue weighted by Gasteiger charge is -2.11. The molecule has 86 valence electrons. The monoisotopic (exact) mass is 302 g/mol. The molecule has 0 aliphatic carbocycles. The van der Waals surface area contributed by atoms with Crippen LogP contribution in [0, 0.1) is 18.3 Å². The van der Waals surface area contributed by atoms with Crippen molar-refractivity contribution in [1.29, 1.82) is 5.26 Å². The Labute approximate surface area is 103 Å². The highest BCUT2D eigenvalue weighted by molar-refractivity contribution is 9.10. The van der Waals surface area contributed by atoms with Gasteiger partial charge in [0.25, 0.3) is 0 Å². The van der Waals surface area contributed by atoms with Gasteiger partial charge in [-0.3, -0.25) is 4.72 Å². The summed E-state index contributed by atoms with van der Waals surface area (Å²) < 4.78 is 26.5. The molecule has 1 aromatic carbocycles. The Morgan fingerprint density at radius 2 is 2.12 bits per heavy atom. The molecule has 6 heteroatoms. The molecule has 0 aromatic heterocycles. The van der Waals surface area contributed by atoms with E-state index in [-0.39, 0.29) is 0 Å². The molecule has 0 amide bonds. The SMILES string of the molecule is Cc1cc(Br)ccc1NS(=O)(=O)C(C)C#N. The lowest BCUT2D eigenvalue weighted by Crippen LogP contribution is -2.24. The second kappa shape index (κ2) is 4.85. The van der Waals surface area contributed by atoms with Crippen molar-refractivity contribution in [2.24, 2.45) is 0 Å². The van der Waals surface area contributed by atoms with Gasteiger partial charge in [-0.25, -0.2) is 8.42 Å². The van der Waals surface area contributed by atoms with E-state index in [1.165, 1.54) is 6.92 Å². The van der Waals surface area contributed by atoms with Crippen molar-refractivity contribution in [3.63, 3.8) is 0 Å². The summed E-state index contributed by atoms with van der Waals surface area (Å²) in [6.07, 6.45) is 0. The van der Waals surface area contributed by atoms with Gasteiger partial charge in [0.2, 0.25) is 10.0 Å². The van der Waals surface area contributed by atoms with Gasteiger partial charge in [0.1, 0.15) is 0 Å². The quantitative estimate of drug-likeness (QED) is 0.932. The molecule has 1 unspecified atom stereocenters.